The van der Waals surface area contributed by atoms with Gasteiger partial charge < -0.3 is 10.6 Å². The Morgan fingerprint density at radius 1 is 1.45 bits per heavy atom. The van der Waals surface area contributed by atoms with Crippen molar-refractivity contribution in [2.45, 2.75) is 37.8 Å². The van der Waals surface area contributed by atoms with E-state index in [1.165, 1.54) is 5.01 Å². The lowest BCUT2D eigenvalue weighted by atomic mass is 10.0. The second-order valence-corrected chi connectivity index (χ2v) is 7.53. The van der Waals surface area contributed by atoms with Gasteiger partial charge in [0.1, 0.15) is 11.8 Å². The summed E-state index contributed by atoms with van der Waals surface area (Å²) in [5, 5.41) is 1.02. The van der Waals surface area contributed by atoms with Crippen LogP contribution in [0.25, 0.3) is 0 Å². The lowest BCUT2D eigenvalue weighted by molar-refractivity contribution is -0.145. The van der Waals surface area contributed by atoms with Crippen LogP contribution in [0.1, 0.15) is 20.3 Å². The van der Waals surface area contributed by atoms with Crippen LogP contribution in [0.5, 0.6) is 0 Å². The third-order valence-corrected chi connectivity index (χ3v) is 5.45. The van der Waals surface area contributed by atoms with Crippen LogP contribution in [-0.2, 0) is 9.59 Å². The Balaban J connectivity index is 1.90. The summed E-state index contributed by atoms with van der Waals surface area (Å²) in [5.41, 5.74) is 8.17. The summed E-state index contributed by atoms with van der Waals surface area (Å²) in [6, 6.07) is -0.383. The molecular weight excluding hydrogens is 306 g/mol. The predicted octanol–water partition coefficient (Wildman–Crippen LogP) is -0.630. The van der Waals surface area contributed by atoms with Crippen molar-refractivity contribution in [1.82, 2.24) is 20.2 Å². The summed E-state index contributed by atoms with van der Waals surface area (Å²) < 4.78 is 0. The van der Waals surface area contributed by atoms with Gasteiger partial charge in [0.15, 0.2) is 6.29 Å². The number of urea groups is 1. The van der Waals surface area contributed by atoms with Crippen LogP contribution < -0.4 is 11.2 Å². The number of hydrogen-bond donors (Lipinski definition) is 2. The number of nitrogens with one attached hydrogen (secondary N) is 1. The number of carbonyl (C=O) groups is 3. The number of amides is 4. The fourth-order valence-electron chi connectivity index (χ4n) is 3.28. The van der Waals surface area contributed by atoms with Gasteiger partial charge in [-0.05, 0) is 18.1 Å². The third-order valence-electron chi connectivity index (χ3n) is 4.10. The molecule has 3 aliphatic heterocycles. The van der Waals surface area contributed by atoms with Gasteiger partial charge in [-0.2, -0.15) is 5.43 Å². The number of hydrazine groups is 1. The van der Waals surface area contributed by atoms with Gasteiger partial charge in [0.2, 0.25) is 11.8 Å². The van der Waals surface area contributed by atoms with E-state index < -0.39 is 12.2 Å². The molecule has 0 aromatic carbocycles. The van der Waals surface area contributed by atoms with Crippen molar-refractivity contribution in [2.75, 3.05) is 18.8 Å². The number of hydrogen-bond acceptors (Lipinski definition) is 5. The fraction of sp³-hybridized carbons (Fsp3) is 0.769. The molecule has 0 saturated carbocycles. The van der Waals surface area contributed by atoms with Crippen molar-refractivity contribution in [3.8, 4) is 0 Å². The summed E-state index contributed by atoms with van der Waals surface area (Å²) in [7, 11) is 0. The molecule has 3 rings (SSSR count). The highest BCUT2D eigenvalue weighted by Crippen LogP contribution is 2.39. The van der Waals surface area contributed by atoms with Crippen LogP contribution in [0.15, 0.2) is 0 Å². The van der Waals surface area contributed by atoms with Gasteiger partial charge in [0.25, 0.3) is 0 Å². The molecule has 3 unspecified atom stereocenters. The zero-order valence-corrected chi connectivity index (χ0v) is 13.5. The highest BCUT2D eigenvalue weighted by Gasteiger charge is 2.55. The van der Waals surface area contributed by atoms with Gasteiger partial charge in [-0.25, -0.2) is 9.80 Å². The molecule has 0 aliphatic carbocycles. The number of rotatable bonds is 4. The molecule has 8 nitrogen and oxygen atoms in total. The van der Waals surface area contributed by atoms with E-state index in [0.29, 0.717) is 6.54 Å². The quantitative estimate of drug-likeness (QED) is 0.716. The second-order valence-electron chi connectivity index (χ2n) is 6.28. The first-order chi connectivity index (χ1) is 10.4. The van der Waals surface area contributed by atoms with Crippen LogP contribution in [0.2, 0.25) is 0 Å². The normalized spacial score (nSPS) is 31.0. The summed E-state index contributed by atoms with van der Waals surface area (Å²) in [6.45, 7) is 4.43. The van der Waals surface area contributed by atoms with E-state index in [0.717, 1.165) is 12.2 Å². The largest absolute Gasteiger partial charge is 0.368 e. The molecule has 3 fully saturated rings. The molecule has 0 aromatic heterocycles. The number of primary amides is 1. The fourth-order valence-corrected chi connectivity index (χ4v) is 4.68. The Morgan fingerprint density at radius 2 is 2.18 bits per heavy atom. The van der Waals surface area contributed by atoms with Gasteiger partial charge in [-0.3, -0.25) is 14.5 Å². The van der Waals surface area contributed by atoms with Crippen molar-refractivity contribution in [1.29, 1.82) is 0 Å². The molecule has 3 saturated heterocycles. The maximum atomic E-state index is 12.7. The average Bonchev–Trinajstić information content (AvgIpc) is 3.00. The molecule has 3 aliphatic rings. The maximum Gasteiger partial charge on any atom is 0.337 e. The Morgan fingerprint density at radius 3 is 2.82 bits per heavy atom. The molecule has 4 amide bonds. The number of nitrogens with zero attached hydrogens (tertiary/aromatic N) is 3. The maximum absolute atomic E-state index is 12.7. The molecule has 22 heavy (non-hydrogen) atoms. The minimum absolute atomic E-state index is 0.0728. The molecular formula is C13H21N5O3S. The minimum Gasteiger partial charge on any atom is -0.368 e. The van der Waals surface area contributed by atoms with Gasteiger partial charge in [-0.15, -0.1) is 11.8 Å². The van der Waals surface area contributed by atoms with Crippen LogP contribution in [0.3, 0.4) is 0 Å². The lowest BCUT2D eigenvalue weighted by Gasteiger charge is -2.44. The van der Waals surface area contributed by atoms with Crippen molar-refractivity contribution >= 4 is 29.6 Å². The summed E-state index contributed by atoms with van der Waals surface area (Å²) in [5.74, 6) is 0.641. The van der Waals surface area contributed by atoms with Crippen LogP contribution in [-0.4, -0.2) is 69.1 Å². The standard InChI is InChI=1S/C13H21N5O3S/c1-7(2)5-16-11(20)10-8(3-4-22-10)18-12(16)15-17(13(18)21)6-9(14)19/h7-8,10,12,15H,3-6H2,1-2H3,(H2,14,19). The first kappa shape index (κ1) is 15.4. The van der Waals surface area contributed by atoms with Gasteiger partial charge in [0, 0.05) is 6.54 Å². The molecule has 9 heteroatoms. The number of nitrogens with two attached hydrogens (primary N) is 1. The average molecular weight is 327 g/mol. The molecule has 0 radical (unpaired) electrons. The van der Waals surface area contributed by atoms with Crippen molar-refractivity contribution in [2.24, 2.45) is 11.7 Å². The SMILES string of the molecule is CC(C)CN1C(=O)C2SCCC2N2C(=O)N(CC(N)=O)NC12. The van der Waals surface area contributed by atoms with Crippen molar-refractivity contribution < 1.29 is 14.4 Å². The van der Waals surface area contributed by atoms with E-state index in [2.05, 4.69) is 5.43 Å². The van der Waals surface area contributed by atoms with E-state index in [9.17, 15) is 14.4 Å². The van der Waals surface area contributed by atoms with E-state index in [1.54, 1.807) is 21.6 Å². The highest BCUT2D eigenvalue weighted by molar-refractivity contribution is 8.00. The van der Waals surface area contributed by atoms with Crippen LogP contribution >= 0.6 is 11.8 Å². The number of thioether (sulfide) groups is 1. The summed E-state index contributed by atoms with van der Waals surface area (Å²) in [6.07, 6.45) is 0.284. The second kappa shape index (κ2) is 5.62. The van der Waals surface area contributed by atoms with Gasteiger partial charge in [0.05, 0.1) is 6.04 Å². The Bertz CT molecular complexity index is 514. The Labute approximate surface area is 133 Å². The van der Waals surface area contributed by atoms with E-state index in [-0.39, 0.29) is 35.7 Å². The van der Waals surface area contributed by atoms with E-state index in [4.69, 9.17) is 5.73 Å². The van der Waals surface area contributed by atoms with E-state index in [1.807, 2.05) is 13.8 Å². The predicted molar refractivity (Wildman–Crippen MR) is 81.3 cm³/mol. The van der Waals surface area contributed by atoms with Crippen LogP contribution in [0, 0.1) is 5.92 Å². The smallest absolute Gasteiger partial charge is 0.337 e. The monoisotopic (exact) mass is 327 g/mol. The lowest BCUT2D eigenvalue weighted by Crippen LogP contribution is -2.66. The van der Waals surface area contributed by atoms with Gasteiger partial charge in [-0.1, -0.05) is 13.8 Å². The first-order valence-electron chi connectivity index (χ1n) is 7.46. The number of carbonyl (C=O) groups excluding carboxylic acids is 3. The molecule has 0 spiro atoms. The van der Waals surface area contributed by atoms with Crippen LogP contribution in [0.4, 0.5) is 4.79 Å². The first-order valence-corrected chi connectivity index (χ1v) is 8.51. The molecule has 3 N–H and O–H groups in total. The molecule has 0 aromatic rings. The van der Waals surface area contributed by atoms with E-state index >= 15 is 0 Å². The third kappa shape index (κ3) is 2.41. The molecule has 0 bridgehead atoms. The topological polar surface area (TPSA) is 99.0 Å². The molecule has 3 heterocycles. The summed E-state index contributed by atoms with van der Waals surface area (Å²) >= 11 is 1.61. The van der Waals surface area contributed by atoms with Crippen molar-refractivity contribution in [3.05, 3.63) is 0 Å². The Kier molecular flexibility index (Phi) is 3.94. The molecule has 122 valence electrons. The summed E-state index contributed by atoms with van der Waals surface area (Å²) in [4.78, 5) is 39.9. The zero-order chi connectivity index (χ0) is 16.0. The highest BCUT2D eigenvalue weighted by atomic mass is 32.2. The van der Waals surface area contributed by atoms with Crippen molar-refractivity contribution in [3.63, 3.8) is 0 Å². The van der Waals surface area contributed by atoms with Gasteiger partial charge >= 0.3 is 6.03 Å². The zero-order valence-electron chi connectivity index (χ0n) is 12.7. The Hall–Kier alpha value is -1.48. The molecule has 3 atom stereocenters. The number of fused-ring (bicyclic) bond motifs is 3. The minimum atomic E-state index is -0.584.